The Balaban J connectivity index is 1.49. The highest BCUT2D eigenvalue weighted by atomic mass is 16.5. The van der Waals surface area contributed by atoms with Gasteiger partial charge in [0.15, 0.2) is 0 Å². The first-order valence-corrected chi connectivity index (χ1v) is 8.88. The predicted molar refractivity (Wildman–Crippen MR) is 113 cm³/mol. The fraction of sp³-hybridized carbons (Fsp3) is 0.0435. The van der Waals surface area contributed by atoms with Gasteiger partial charge in [0.05, 0.1) is 12.8 Å². The molecule has 0 aliphatic rings. The summed E-state index contributed by atoms with van der Waals surface area (Å²) in [5.74, 6) is 0.613. The highest BCUT2D eigenvalue weighted by Crippen LogP contribution is 2.30. The van der Waals surface area contributed by atoms with Crippen LogP contribution in [0.2, 0.25) is 0 Å². The number of nitrogens with zero attached hydrogens (tertiary/aromatic N) is 1. The van der Waals surface area contributed by atoms with Gasteiger partial charge in [-0.3, -0.25) is 4.98 Å². The van der Waals surface area contributed by atoms with Crippen LogP contribution in [0, 0.1) is 0 Å². The molecule has 2 amide bonds. The van der Waals surface area contributed by atoms with Crippen molar-refractivity contribution in [2.45, 2.75) is 0 Å². The monoisotopic (exact) mass is 369 g/mol. The minimum absolute atomic E-state index is 0.328. The number of methoxy groups -OCH3 is 1. The minimum Gasteiger partial charge on any atom is -0.495 e. The van der Waals surface area contributed by atoms with E-state index in [0.29, 0.717) is 17.1 Å². The van der Waals surface area contributed by atoms with Crippen LogP contribution < -0.4 is 15.4 Å². The van der Waals surface area contributed by atoms with Crippen molar-refractivity contribution in [3.63, 3.8) is 0 Å². The molecular formula is C23H19N3O2. The number of carbonyl (C=O) groups is 1. The summed E-state index contributed by atoms with van der Waals surface area (Å²) in [6.07, 6.45) is 3.51. The van der Waals surface area contributed by atoms with E-state index in [0.717, 1.165) is 21.9 Å². The number of aromatic nitrogens is 1. The number of pyridine rings is 1. The maximum Gasteiger partial charge on any atom is 0.323 e. The molecule has 0 unspecified atom stereocenters. The zero-order valence-corrected chi connectivity index (χ0v) is 15.3. The van der Waals surface area contributed by atoms with Gasteiger partial charge in [0.25, 0.3) is 0 Å². The molecule has 138 valence electrons. The second-order valence-electron chi connectivity index (χ2n) is 6.29. The van der Waals surface area contributed by atoms with Crippen molar-refractivity contribution in [2.24, 2.45) is 0 Å². The van der Waals surface area contributed by atoms with Crippen LogP contribution >= 0.6 is 0 Å². The molecule has 2 N–H and O–H groups in total. The molecule has 0 atom stereocenters. The molecule has 0 radical (unpaired) electrons. The third-order valence-electron chi connectivity index (χ3n) is 4.47. The number of anilines is 2. The molecule has 3 aromatic carbocycles. The summed E-state index contributed by atoms with van der Waals surface area (Å²) in [6, 6.07) is 23.0. The van der Waals surface area contributed by atoms with Crippen molar-refractivity contribution in [1.29, 1.82) is 0 Å². The quantitative estimate of drug-likeness (QED) is 0.495. The number of urea groups is 1. The van der Waals surface area contributed by atoms with E-state index in [1.807, 2.05) is 72.8 Å². The molecule has 0 aliphatic heterocycles. The average Bonchev–Trinajstić information content (AvgIpc) is 2.74. The molecule has 4 aromatic rings. The van der Waals surface area contributed by atoms with Gasteiger partial charge >= 0.3 is 6.03 Å². The van der Waals surface area contributed by atoms with E-state index in [1.54, 1.807) is 19.5 Å². The molecule has 0 spiro atoms. The smallest absolute Gasteiger partial charge is 0.323 e. The first-order valence-electron chi connectivity index (χ1n) is 8.88. The van der Waals surface area contributed by atoms with E-state index in [9.17, 15) is 4.79 Å². The van der Waals surface area contributed by atoms with Crippen molar-refractivity contribution in [3.8, 4) is 16.9 Å². The molecule has 1 aromatic heterocycles. The van der Waals surface area contributed by atoms with Gasteiger partial charge in [0.2, 0.25) is 0 Å². The fourth-order valence-electron chi connectivity index (χ4n) is 3.06. The number of carbonyl (C=O) groups excluding carboxylic acids is 1. The fourth-order valence-corrected chi connectivity index (χ4v) is 3.06. The summed E-state index contributed by atoms with van der Waals surface area (Å²) in [5, 5.41) is 7.80. The lowest BCUT2D eigenvalue weighted by Crippen LogP contribution is -2.19. The Bertz CT molecular complexity index is 1110. The van der Waals surface area contributed by atoms with Crippen LogP contribution in [0.1, 0.15) is 0 Å². The van der Waals surface area contributed by atoms with E-state index >= 15 is 0 Å². The molecule has 4 rings (SSSR count). The molecule has 0 fully saturated rings. The number of hydrogen-bond acceptors (Lipinski definition) is 3. The van der Waals surface area contributed by atoms with Gasteiger partial charge in [-0.1, -0.05) is 36.4 Å². The normalized spacial score (nSPS) is 10.5. The van der Waals surface area contributed by atoms with E-state index < -0.39 is 0 Å². The molecule has 5 nitrogen and oxygen atoms in total. The zero-order valence-electron chi connectivity index (χ0n) is 15.3. The number of hydrogen-bond donors (Lipinski definition) is 2. The Hall–Kier alpha value is -3.86. The van der Waals surface area contributed by atoms with Crippen LogP contribution in [0.15, 0.2) is 85.2 Å². The Morgan fingerprint density at radius 3 is 2.14 bits per heavy atom. The maximum atomic E-state index is 12.5. The molecule has 0 bridgehead atoms. The lowest BCUT2D eigenvalue weighted by Gasteiger charge is -2.13. The number of ether oxygens (including phenoxy) is 1. The highest BCUT2D eigenvalue weighted by molar-refractivity contribution is 6.02. The van der Waals surface area contributed by atoms with Gasteiger partial charge in [-0.05, 0) is 58.3 Å². The minimum atomic E-state index is -0.328. The Kier molecular flexibility index (Phi) is 4.89. The van der Waals surface area contributed by atoms with E-state index in [-0.39, 0.29) is 6.03 Å². The maximum absolute atomic E-state index is 12.5. The molecule has 28 heavy (non-hydrogen) atoms. The van der Waals surface area contributed by atoms with Crippen LogP contribution in [0.25, 0.3) is 21.9 Å². The van der Waals surface area contributed by atoms with Crippen molar-refractivity contribution in [1.82, 2.24) is 4.98 Å². The van der Waals surface area contributed by atoms with E-state index in [1.165, 1.54) is 0 Å². The van der Waals surface area contributed by atoms with Crippen molar-refractivity contribution in [3.05, 3.63) is 85.2 Å². The number of rotatable bonds is 4. The number of amides is 2. The Labute approximate surface area is 163 Å². The van der Waals surface area contributed by atoms with E-state index in [4.69, 9.17) is 4.74 Å². The topological polar surface area (TPSA) is 63.2 Å². The lowest BCUT2D eigenvalue weighted by atomic mass is 10.1. The van der Waals surface area contributed by atoms with Crippen molar-refractivity contribution < 1.29 is 9.53 Å². The summed E-state index contributed by atoms with van der Waals surface area (Å²) in [4.78, 5) is 16.5. The number of fused-ring (bicyclic) bond motifs is 1. The summed E-state index contributed by atoms with van der Waals surface area (Å²) in [6.45, 7) is 0. The molecule has 0 saturated heterocycles. The van der Waals surface area contributed by atoms with Gasteiger partial charge in [-0.2, -0.15) is 0 Å². The standard InChI is InChI=1S/C23H19N3O2/c1-28-22-15-19-5-3-2-4-18(19)14-21(22)26-23(27)25-20-8-6-16(7-9-20)17-10-12-24-13-11-17/h2-15H,1H3,(H2,25,26,27). The third kappa shape index (κ3) is 3.78. The van der Waals surface area contributed by atoms with Gasteiger partial charge in [-0.25, -0.2) is 4.79 Å². The number of nitrogens with one attached hydrogen (secondary N) is 2. The lowest BCUT2D eigenvalue weighted by molar-refractivity contribution is 0.262. The van der Waals surface area contributed by atoms with Crippen LogP contribution in [0.3, 0.4) is 0 Å². The second-order valence-corrected chi connectivity index (χ2v) is 6.29. The van der Waals surface area contributed by atoms with Gasteiger partial charge < -0.3 is 15.4 Å². The Morgan fingerprint density at radius 2 is 1.46 bits per heavy atom. The van der Waals surface area contributed by atoms with Gasteiger partial charge in [0, 0.05) is 18.1 Å². The largest absolute Gasteiger partial charge is 0.495 e. The van der Waals surface area contributed by atoms with Crippen molar-refractivity contribution in [2.75, 3.05) is 17.7 Å². The first-order chi connectivity index (χ1) is 13.7. The van der Waals surface area contributed by atoms with Crippen LogP contribution in [-0.4, -0.2) is 18.1 Å². The van der Waals surface area contributed by atoms with Crippen LogP contribution in [0.5, 0.6) is 5.75 Å². The second kappa shape index (κ2) is 7.80. The predicted octanol–water partition coefficient (Wildman–Crippen LogP) is 5.55. The molecule has 5 heteroatoms. The molecule has 1 heterocycles. The van der Waals surface area contributed by atoms with Gasteiger partial charge in [-0.15, -0.1) is 0 Å². The first kappa shape index (κ1) is 17.5. The number of benzene rings is 3. The highest BCUT2D eigenvalue weighted by Gasteiger charge is 2.09. The van der Waals surface area contributed by atoms with Gasteiger partial charge in [0.1, 0.15) is 5.75 Å². The summed E-state index contributed by atoms with van der Waals surface area (Å²) in [5.41, 5.74) is 3.46. The molecular weight excluding hydrogens is 350 g/mol. The Morgan fingerprint density at radius 1 is 0.821 bits per heavy atom. The molecule has 0 aliphatic carbocycles. The SMILES string of the molecule is COc1cc2ccccc2cc1NC(=O)Nc1ccc(-c2ccncc2)cc1. The van der Waals surface area contributed by atoms with Crippen LogP contribution in [-0.2, 0) is 0 Å². The van der Waals surface area contributed by atoms with Crippen LogP contribution in [0.4, 0.5) is 16.2 Å². The molecule has 0 saturated carbocycles. The summed E-state index contributed by atoms with van der Waals surface area (Å²) in [7, 11) is 1.59. The average molecular weight is 369 g/mol. The zero-order chi connectivity index (χ0) is 19.3. The third-order valence-corrected chi connectivity index (χ3v) is 4.47. The van der Waals surface area contributed by atoms with E-state index in [2.05, 4.69) is 15.6 Å². The summed E-state index contributed by atoms with van der Waals surface area (Å²) >= 11 is 0. The van der Waals surface area contributed by atoms with Crippen molar-refractivity contribution >= 4 is 28.2 Å². The summed E-state index contributed by atoms with van der Waals surface area (Å²) < 4.78 is 5.42.